The fourth-order valence-electron chi connectivity index (χ4n) is 2.43. The lowest BCUT2D eigenvalue weighted by molar-refractivity contribution is 0.240. The molecule has 1 aliphatic heterocycles. The summed E-state index contributed by atoms with van der Waals surface area (Å²) in [6.07, 6.45) is 6.74. The molecule has 1 aromatic rings. The van der Waals surface area contributed by atoms with E-state index in [-0.39, 0.29) is 0 Å². The Morgan fingerprint density at radius 2 is 2.44 bits per heavy atom. The van der Waals surface area contributed by atoms with E-state index >= 15 is 0 Å². The zero-order valence-electron chi connectivity index (χ0n) is 10.3. The van der Waals surface area contributed by atoms with E-state index in [1.807, 2.05) is 17.9 Å². The number of aryl methyl sites for hydroxylation is 1. The summed E-state index contributed by atoms with van der Waals surface area (Å²) in [6, 6.07) is 0.708. The maximum atomic E-state index is 4.22. The van der Waals surface area contributed by atoms with Crippen LogP contribution in [0.25, 0.3) is 0 Å². The third-order valence-corrected chi connectivity index (χ3v) is 3.27. The molecule has 2 rings (SSSR count). The Morgan fingerprint density at radius 3 is 3.12 bits per heavy atom. The summed E-state index contributed by atoms with van der Waals surface area (Å²) in [4.78, 5) is 2.57. The van der Waals surface area contributed by atoms with Gasteiger partial charge in [-0.2, -0.15) is 5.10 Å². The summed E-state index contributed by atoms with van der Waals surface area (Å²) in [5.74, 6) is 0. The smallest absolute Gasteiger partial charge is 0.0534 e. The summed E-state index contributed by atoms with van der Waals surface area (Å²) in [6.45, 7) is 6.63. The molecule has 4 heteroatoms. The van der Waals surface area contributed by atoms with Crippen molar-refractivity contribution in [1.29, 1.82) is 0 Å². The number of likely N-dealkylation sites (tertiary alicyclic amines) is 1. The van der Waals surface area contributed by atoms with Crippen molar-refractivity contribution in [3.05, 3.63) is 18.0 Å². The first-order chi connectivity index (χ1) is 7.79. The Bertz CT molecular complexity index is 321. The first kappa shape index (κ1) is 11.6. The second kappa shape index (κ2) is 5.46. The van der Waals surface area contributed by atoms with Gasteiger partial charge >= 0.3 is 0 Å². The van der Waals surface area contributed by atoms with E-state index in [2.05, 4.69) is 28.4 Å². The van der Waals surface area contributed by atoms with Gasteiger partial charge in [0.25, 0.3) is 0 Å². The molecule has 1 N–H and O–H groups in total. The molecule has 1 unspecified atom stereocenters. The van der Waals surface area contributed by atoms with Gasteiger partial charge in [0.15, 0.2) is 0 Å². The number of hydrogen-bond donors (Lipinski definition) is 1. The van der Waals surface area contributed by atoms with E-state index in [1.54, 1.807) is 0 Å². The Kier molecular flexibility index (Phi) is 3.96. The lowest BCUT2D eigenvalue weighted by Crippen LogP contribution is -2.37. The van der Waals surface area contributed by atoms with Crippen LogP contribution in [0.4, 0.5) is 0 Å². The summed E-state index contributed by atoms with van der Waals surface area (Å²) >= 11 is 0. The fraction of sp³-hybridized carbons (Fsp3) is 0.750. The number of aromatic nitrogens is 2. The number of nitrogens with zero attached hydrogens (tertiary/aromatic N) is 3. The summed E-state index contributed by atoms with van der Waals surface area (Å²) in [5, 5.41) is 7.67. The predicted molar refractivity (Wildman–Crippen MR) is 65.2 cm³/mol. The van der Waals surface area contributed by atoms with Gasteiger partial charge in [0.1, 0.15) is 0 Å². The molecule has 16 heavy (non-hydrogen) atoms. The van der Waals surface area contributed by atoms with E-state index in [0.717, 1.165) is 19.6 Å². The standard InChI is InChI=1S/C12H22N4/c1-3-13-8-12-5-4-6-16(12)10-11-7-14-15(2)9-11/h7,9,12-13H,3-6,8,10H2,1-2H3. The molecule has 0 radical (unpaired) electrons. The predicted octanol–water partition coefficient (Wildman–Crippen LogP) is 0.994. The highest BCUT2D eigenvalue weighted by Gasteiger charge is 2.23. The highest BCUT2D eigenvalue weighted by atomic mass is 15.3. The quantitative estimate of drug-likeness (QED) is 0.806. The van der Waals surface area contributed by atoms with Crippen molar-refractivity contribution in [2.45, 2.75) is 32.4 Å². The lowest BCUT2D eigenvalue weighted by Gasteiger charge is -2.23. The lowest BCUT2D eigenvalue weighted by atomic mass is 10.2. The van der Waals surface area contributed by atoms with E-state index < -0.39 is 0 Å². The Labute approximate surface area is 97.6 Å². The molecule has 4 nitrogen and oxygen atoms in total. The van der Waals surface area contributed by atoms with Gasteiger partial charge in [-0.3, -0.25) is 9.58 Å². The van der Waals surface area contributed by atoms with Gasteiger partial charge in [0.05, 0.1) is 6.20 Å². The van der Waals surface area contributed by atoms with Gasteiger partial charge in [-0.1, -0.05) is 6.92 Å². The molecule has 0 amide bonds. The average Bonchev–Trinajstić information content (AvgIpc) is 2.86. The zero-order valence-corrected chi connectivity index (χ0v) is 10.3. The summed E-state index contributed by atoms with van der Waals surface area (Å²) in [5.41, 5.74) is 1.32. The van der Waals surface area contributed by atoms with Gasteiger partial charge in [0.2, 0.25) is 0 Å². The Balaban J connectivity index is 1.88. The summed E-state index contributed by atoms with van der Waals surface area (Å²) in [7, 11) is 1.98. The molecule has 0 spiro atoms. The molecule has 90 valence electrons. The third-order valence-electron chi connectivity index (χ3n) is 3.27. The highest BCUT2D eigenvalue weighted by Crippen LogP contribution is 2.19. The molecule has 1 saturated heterocycles. The van der Waals surface area contributed by atoms with Crippen LogP contribution >= 0.6 is 0 Å². The molecule has 0 bridgehead atoms. The number of hydrogen-bond acceptors (Lipinski definition) is 3. The Morgan fingerprint density at radius 1 is 1.56 bits per heavy atom. The second-order valence-corrected chi connectivity index (χ2v) is 4.60. The second-order valence-electron chi connectivity index (χ2n) is 4.60. The average molecular weight is 222 g/mol. The van der Waals surface area contributed by atoms with E-state index in [9.17, 15) is 0 Å². The summed E-state index contributed by atoms with van der Waals surface area (Å²) < 4.78 is 1.88. The number of rotatable bonds is 5. The van der Waals surface area contributed by atoms with Crippen molar-refractivity contribution in [2.75, 3.05) is 19.6 Å². The van der Waals surface area contributed by atoms with E-state index in [0.29, 0.717) is 6.04 Å². The minimum atomic E-state index is 0.708. The molecule has 2 heterocycles. The third kappa shape index (κ3) is 2.83. The van der Waals surface area contributed by atoms with Crippen LogP contribution in [0, 0.1) is 0 Å². The highest BCUT2D eigenvalue weighted by molar-refractivity contribution is 5.04. The van der Waals surface area contributed by atoms with Crippen LogP contribution in [0.3, 0.4) is 0 Å². The molecule has 1 atom stereocenters. The van der Waals surface area contributed by atoms with Crippen LogP contribution in [0.2, 0.25) is 0 Å². The normalized spacial score (nSPS) is 21.8. The van der Waals surface area contributed by atoms with Crippen molar-refractivity contribution in [1.82, 2.24) is 20.0 Å². The Hall–Kier alpha value is -0.870. The number of nitrogens with one attached hydrogen (secondary N) is 1. The van der Waals surface area contributed by atoms with Crippen molar-refractivity contribution in [3.63, 3.8) is 0 Å². The first-order valence-electron chi connectivity index (χ1n) is 6.22. The van der Waals surface area contributed by atoms with Crippen molar-refractivity contribution < 1.29 is 0 Å². The van der Waals surface area contributed by atoms with Crippen molar-refractivity contribution in [2.24, 2.45) is 7.05 Å². The van der Waals surface area contributed by atoms with Crippen LogP contribution in [0.15, 0.2) is 12.4 Å². The van der Waals surface area contributed by atoms with E-state index in [1.165, 1.54) is 24.9 Å². The topological polar surface area (TPSA) is 33.1 Å². The monoisotopic (exact) mass is 222 g/mol. The van der Waals surface area contributed by atoms with Crippen LogP contribution in [-0.4, -0.2) is 40.4 Å². The maximum Gasteiger partial charge on any atom is 0.0534 e. The molecular formula is C12H22N4. The fourth-order valence-corrected chi connectivity index (χ4v) is 2.43. The van der Waals surface area contributed by atoms with Gasteiger partial charge in [-0.05, 0) is 25.9 Å². The molecule has 1 fully saturated rings. The molecule has 1 aliphatic rings. The zero-order chi connectivity index (χ0) is 11.4. The molecule has 1 aromatic heterocycles. The minimum absolute atomic E-state index is 0.708. The first-order valence-corrected chi connectivity index (χ1v) is 6.22. The van der Waals surface area contributed by atoms with Crippen molar-refractivity contribution in [3.8, 4) is 0 Å². The molecular weight excluding hydrogens is 200 g/mol. The molecule has 0 saturated carbocycles. The van der Waals surface area contributed by atoms with Crippen LogP contribution in [0.1, 0.15) is 25.3 Å². The number of likely N-dealkylation sites (N-methyl/N-ethyl adjacent to an activating group) is 1. The van der Waals surface area contributed by atoms with Gasteiger partial charge < -0.3 is 5.32 Å². The van der Waals surface area contributed by atoms with Gasteiger partial charge in [-0.25, -0.2) is 0 Å². The van der Waals surface area contributed by atoms with Crippen molar-refractivity contribution >= 4 is 0 Å². The van der Waals surface area contributed by atoms with Gasteiger partial charge in [-0.15, -0.1) is 0 Å². The minimum Gasteiger partial charge on any atom is -0.315 e. The molecule has 0 aliphatic carbocycles. The molecule has 0 aromatic carbocycles. The van der Waals surface area contributed by atoms with Crippen LogP contribution < -0.4 is 5.32 Å². The maximum absolute atomic E-state index is 4.22. The van der Waals surface area contributed by atoms with Crippen LogP contribution in [0.5, 0.6) is 0 Å². The van der Waals surface area contributed by atoms with Gasteiger partial charge in [0, 0.05) is 37.9 Å². The van der Waals surface area contributed by atoms with E-state index in [4.69, 9.17) is 0 Å². The van der Waals surface area contributed by atoms with Crippen LogP contribution in [-0.2, 0) is 13.6 Å². The SMILES string of the molecule is CCNCC1CCCN1Cc1cnn(C)c1. The largest absolute Gasteiger partial charge is 0.315 e.